The maximum atomic E-state index is 11.9. The molecule has 0 aliphatic rings. The highest BCUT2D eigenvalue weighted by atomic mass is 35.5. The van der Waals surface area contributed by atoms with E-state index < -0.39 is 5.56 Å². The van der Waals surface area contributed by atoms with Gasteiger partial charge >= 0.3 is 0 Å². The van der Waals surface area contributed by atoms with Crippen LogP contribution >= 0.6 is 11.6 Å². The number of hydrogen-bond acceptors (Lipinski definition) is 5. The highest BCUT2D eigenvalue weighted by Crippen LogP contribution is 2.17. The molecule has 0 aliphatic heterocycles. The van der Waals surface area contributed by atoms with Crippen molar-refractivity contribution in [2.24, 2.45) is 0 Å². The number of aliphatic hydroxyl groups is 1. The van der Waals surface area contributed by atoms with Gasteiger partial charge in [-0.05, 0) is 18.1 Å². The monoisotopic (exact) mass is 308 g/mol. The zero-order valence-electron chi connectivity index (χ0n) is 11.7. The predicted molar refractivity (Wildman–Crippen MR) is 81.5 cm³/mol. The predicted octanol–water partition coefficient (Wildman–Crippen LogP) is 1.46. The summed E-state index contributed by atoms with van der Waals surface area (Å²) < 4.78 is 1.13. The zero-order valence-corrected chi connectivity index (χ0v) is 12.5. The summed E-state index contributed by atoms with van der Waals surface area (Å²) in [7, 11) is 0. The van der Waals surface area contributed by atoms with Crippen LogP contribution in [0, 0.1) is 0 Å². The Morgan fingerprint density at radius 3 is 3.00 bits per heavy atom. The average Bonchev–Trinajstić information content (AvgIpc) is 2.51. The van der Waals surface area contributed by atoms with E-state index in [9.17, 15) is 4.79 Å². The van der Waals surface area contributed by atoms with E-state index >= 15 is 0 Å². The van der Waals surface area contributed by atoms with Crippen LogP contribution in [0.5, 0.6) is 0 Å². The van der Waals surface area contributed by atoms with Crippen LogP contribution in [0.4, 0.5) is 5.69 Å². The molecule has 2 heterocycles. The first-order valence-electron chi connectivity index (χ1n) is 6.70. The quantitative estimate of drug-likeness (QED) is 0.844. The van der Waals surface area contributed by atoms with Gasteiger partial charge in [0.05, 0.1) is 37.3 Å². The Kier molecular flexibility index (Phi) is 5.30. The number of aromatic nitrogens is 3. The molecular weight excluding hydrogens is 292 g/mol. The number of nitrogens with zero attached hydrogens (tertiary/aromatic N) is 3. The molecule has 7 heteroatoms. The molecule has 0 fully saturated rings. The molecule has 2 aromatic rings. The SMILES string of the molecule is CCc1cccnc1CNc1cnn(CCO)c(=O)c1Cl. The standard InChI is InChI=1S/C14H17ClN4O2/c1-2-10-4-3-5-16-11(10)8-17-12-9-18-19(6-7-20)14(21)13(12)15/h3-5,9,17,20H,2,6-8H2,1H3. The van der Waals surface area contributed by atoms with E-state index in [1.165, 1.54) is 6.20 Å². The number of halogens is 1. The van der Waals surface area contributed by atoms with Crippen LogP contribution in [0.2, 0.25) is 5.02 Å². The highest BCUT2D eigenvalue weighted by Gasteiger charge is 2.09. The molecule has 0 radical (unpaired) electrons. The molecule has 21 heavy (non-hydrogen) atoms. The Morgan fingerprint density at radius 1 is 1.48 bits per heavy atom. The summed E-state index contributed by atoms with van der Waals surface area (Å²) in [6.07, 6.45) is 4.10. The van der Waals surface area contributed by atoms with Crippen LogP contribution in [0.3, 0.4) is 0 Å². The van der Waals surface area contributed by atoms with Crippen molar-refractivity contribution < 1.29 is 5.11 Å². The van der Waals surface area contributed by atoms with Crippen molar-refractivity contribution in [1.29, 1.82) is 0 Å². The van der Waals surface area contributed by atoms with Crippen molar-refractivity contribution in [3.8, 4) is 0 Å². The second kappa shape index (κ2) is 7.19. The lowest BCUT2D eigenvalue weighted by Gasteiger charge is -2.11. The molecule has 2 aromatic heterocycles. The molecule has 0 spiro atoms. The molecule has 0 amide bonds. The largest absolute Gasteiger partial charge is 0.394 e. The van der Waals surface area contributed by atoms with Gasteiger partial charge in [-0.15, -0.1) is 0 Å². The van der Waals surface area contributed by atoms with Gasteiger partial charge in [-0.25, -0.2) is 4.68 Å². The normalized spacial score (nSPS) is 10.6. The van der Waals surface area contributed by atoms with E-state index in [0.717, 1.165) is 22.4 Å². The third-order valence-corrected chi connectivity index (χ3v) is 3.47. The second-order valence-electron chi connectivity index (χ2n) is 4.44. The lowest BCUT2D eigenvalue weighted by Crippen LogP contribution is -2.25. The minimum atomic E-state index is -0.424. The van der Waals surface area contributed by atoms with Crippen molar-refractivity contribution in [3.05, 3.63) is 51.2 Å². The molecule has 0 bridgehead atoms. The van der Waals surface area contributed by atoms with Crippen molar-refractivity contribution >= 4 is 17.3 Å². The summed E-state index contributed by atoms with van der Waals surface area (Å²) in [5, 5.41) is 16.0. The maximum Gasteiger partial charge on any atom is 0.287 e. The third-order valence-electron chi connectivity index (χ3n) is 3.11. The number of pyridine rings is 1. The number of rotatable bonds is 6. The summed E-state index contributed by atoms with van der Waals surface area (Å²) >= 11 is 6.04. The van der Waals surface area contributed by atoms with Crippen molar-refractivity contribution in [1.82, 2.24) is 14.8 Å². The maximum absolute atomic E-state index is 11.9. The second-order valence-corrected chi connectivity index (χ2v) is 4.82. The molecule has 0 unspecified atom stereocenters. The first-order chi connectivity index (χ1) is 10.2. The van der Waals surface area contributed by atoms with Gasteiger partial charge in [-0.2, -0.15) is 5.10 Å². The van der Waals surface area contributed by atoms with Gasteiger partial charge < -0.3 is 10.4 Å². The van der Waals surface area contributed by atoms with Crippen LogP contribution in [0.1, 0.15) is 18.2 Å². The summed E-state index contributed by atoms with van der Waals surface area (Å²) in [4.78, 5) is 16.2. The van der Waals surface area contributed by atoms with Gasteiger partial charge in [-0.1, -0.05) is 24.6 Å². The Morgan fingerprint density at radius 2 is 2.29 bits per heavy atom. The van der Waals surface area contributed by atoms with E-state index in [0.29, 0.717) is 12.2 Å². The Hall–Kier alpha value is -1.92. The number of aliphatic hydroxyl groups excluding tert-OH is 1. The summed E-state index contributed by atoms with van der Waals surface area (Å²) in [6, 6.07) is 3.91. The smallest absolute Gasteiger partial charge is 0.287 e. The first-order valence-corrected chi connectivity index (χ1v) is 7.08. The lowest BCUT2D eigenvalue weighted by atomic mass is 10.1. The van der Waals surface area contributed by atoms with Crippen LogP contribution in [-0.2, 0) is 19.5 Å². The van der Waals surface area contributed by atoms with E-state index in [1.54, 1.807) is 6.20 Å². The summed E-state index contributed by atoms with van der Waals surface area (Å²) in [6.45, 7) is 2.49. The van der Waals surface area contributed by atoms with E-state index in [-0.39, 0.29) is 18.2 Å². The van der Waals surface area contributed by atoms with Gasteiger partial charge in [-0.3, -0.25) is 9.78 Å². The molecule has 0 atom stereocenters. The Balaban J connectivity index is 2.17. The molecule has 0 saturated carbocycles. The fourth-order valence-corrected chi connectivity index (χ4v) is 2.19. The molecular formula is C14H17ClN4O2. The van der Waals surface area contributed by atoms with Gasteiger partial charge in [0.25, 0.3) is 5.56 Å². The number of aryl methyl sites for hydroxylation is 1. The minimum Gasteiger partial charge on any atom is -0.394 e. The van der Waals surface area contributed by atoms with Crippen LogP contribution in [0.25, 0.3) is 0 Å². The molecule has 0 aromatic carbocycles. The lowest BCUT2D eigenvalue weighted by molar-refractivity contribution is 0.266. The molecule has 6 nitrogen and oxygen atoms in total. The average molecular weight is 309 g/mol. The minimum absolute atomic E-state index is 0.0624. The van der Waals surface area contributed by atoms with Crippen LogP contribution in [-0.4, -0.2) is 26.5 Å². The van der Waals surface area contributed by atoms with Gasteiger partial charge in [0.15, 0.2) is 0 Å². The number of anilines is 1. The van der Waals surface area contributed by atoms with Crippen molar-refractivity contribution in [3.63, 3.8) is 0 Å². The topological polar surface area (TPSA) is 80.0 Å². The molecule has 0 aliphatic carbocycles. The fourth-order valence-electron chi connectivity index (χ4n) is 1.97. The van der Waals surface area contributed by atoms with Gasteiger partial charge in [0, 0.05) is 6.20 Å². The molecule has 2 N–H and O–H groups in total. The van der Waals surface area contributed by atoms with E-state index in [1.807, 2.05) is 12.1 Å². The summed E-state index contributed by atoms with van der Waals surface area (Å²) in [5.74, 6) is 0. The summed E-state index contributed by atoms with van der Waals surface area (Å²) in [5.41, 5.74) is 2.09. The number of nitrogens with one attached hydrogen (secondary N) is 1. The highest BCUT2D eigenvalue weighted by molar-refractivity contribution is 6.32. The zero-order chi connectivity index (χ0) is 15.2. The molecule has 2 rings (SSSR count). The Bertz CT molecular complexity index is 672. The van der Waals surface area contributed by atoms with Gasteiger partial charge in [0.1, 0.15) is 5.02 Å². The van der Waals surface area contributed by atoms with E-state index in [4.69, 9.17) is 16.7 Å². The Labute approximate surface area is 127 Å². The van der Waals surface area contributed by atoms with Crippen LogP contribution in [0.15, 0.2) is 29.3 Å². The van der Waals surface area contributed by atoms with Crippen molar-refractivity contribution in [2.45, 2.75) is 26.4 Å². The van der Waals surface area contributed by atoms with E-state index in [2.05, 4.69) is 22.3 Å². The van der Waals surface area contributed by atoms with Crippen LogP contribution < -0.4 is 10.9 Å². The molecule has 112 valence electrons. The third kappa shape index (κ3) is 3.59. The van der Waals surface area contributed by atoms with Crippen molar-refractivity contribution in [2.75, 3.05) is 11.9 Å². The fraction of sp³-hybridized carbons (Fsp3) is 0.357. The van der Waals surface area contributed by atoms with Gasteiger partial charge in [0.2, 0.25) is 0 Å². The number of hydrogen-bond donors (Lipinski definition) is 2. The molecule has 0 saturated heterocycles. The first kappa shape index (κ1) is 15.5.